The lowest BCUT2D eigenvalue weighted by atomic mass is 9.68. The van der Waals surface area contributed by atoms with Crippen LogP contribution >= 0.6 is 0 Å². The smallest absolute Gasteiger partial charge is 0.0631 e. The minimum absolute atomic E-state index is 0.141. The Hall–Kier alpha value is -1.29. The van der Waals surface area contributed by atoms with Crippen LogP contribution in [0.1, 0.15) is 44.1 Å². The normalized spacial score (nSPS) is 19.4. The van der Waals surface area contributed by atoms with Crippen molar-refractivity contribution in [3.8, 4) is 6.07 Å². The van der Waals surface area contributed by atoms with E-state index in [9.17, 15) is 0 Å². The molecule has 0 N–H and O–H groups in total. The molecule has 0 bridgehead atoms. The van der Waals surface area contributed by atoms with E-state index < -0.39 is 0 Å². The maximum absolute atomic E-state index is 8.99. The van der Waals surface area contributed by atoms with Crippen molar-refractivity contribution < 1.29 is 0 Å². The average molecular weight is 198 g/mol. The van der Waals surface area contributed by atoms with Crippen LogP contribution in [0.2, 0.25) is 0 Å². The zero-order chi connectivity index (χ0) is 10.6. The Kier molecular flexibility index (Phi) is 3.06. The first-order valence-corrected chi connectivity index (χ1v) is 5.71. The molecule has 1 saturated carbocycles. The van der Waals surface area contributed by atoms with E-state index in [0.717, 1.165) is 0 Å². The van der Waals surface area contributed by atoms with Gasteiger partial charge in [-0.2, -0.15) is 5.26 Å². The molecule has 0 unspecified atom stereocenters. The summed E-state index contributed by atoms with van der Waals surface area (Å²) in [5.74, 6) is 0. The minimum atomic E-state index is 0.141. The van der Waals surface area contributed by atoms with Crippen LogP contribution in [0.5, 0.6) is 0 Å². The topological polar surface area (TPSA) is 23.8 Å². The fourth-order valence-corrected chi connectivity index (χ4v) is 2.69. The summed E-state index contributed by atoms with van der Waals surface area (Å²) >= 11 is 0. The molecule has 2 rings (SSSR count). The SMILES string of the molecule is N#CCC1(c2cc[c]cc2)CCCCC1. The fraction of sp³-hybridized carbons (Fsp3) is 0.500. The molecule has 1 heteroatoms. The van der Waals surface area contributed by atoms with Crippen LogP contribution in [0.25, 0.3) is 0 Å². The van der Waals surface area contributed by atoms with E-state index in [4.69, 9.17) is 5.26 Å². The van der Waals surface area contributed by atoms with Gasteiger partial charge in [-0.1, -0.05) is 43.5 Å². The maximum Gasteiger partial charge on any atom is 0.0631 e. The van der Waals surface area contributed by atoms with Crippen molar-refractivity contribution in [3.63, 3.8) is 0 Å². The van der Waals surface area contributed by atoms with Crippen LogP contribution in [0.4, 0.5) is 0 Å². The highest BCUT2D eigenvalue weighted by Gasteiger charge is 2.33. The van der Waals surface area contributed by atoms with Crippen molar-refractivity contribution in [2.75, 3.05) is 0 Å². The first-order chi connectivity index (χ1) is 7.37. The lowest BCUT2D eigenvalue weighted by Gasteiger charge is -2.35. The molecule has 0 atom stereocenters. The van der Waals surface area contributed by atoms with Gasteiger partial charge in [-0.25, -0.2) is 0 Å². The summed E-state index contributed by atoms with van der Waals surface area (Å²) in [6, 6.07) is 13.6. The van der Waals surface area contributed by atoms with E-state index in [-0.39, 0.29) is 5.41 Å². The highest BCUT2D eigenvalue weighted by molar-refractivity contribution is 5.26. The summed E-state index contributed by atoms with van der Waals surface area (Å²) in [4.78, 5) is 0. The average Bonchev–Trinajstić information content (AvgIpc) is 2.32. The van der Waals surface area contributed by atoms with Gasteiger partial charge >= 0.3 is 0 Å². The van der Waals surface area contributed by atoms with Gasteiger partial charge in [0.1, 0.15) is 0 Å². The highest BCUT2D eigenvalue weighted by Crippen LogP contribution is 2.41. The molecule has 1 fully saturated rings. The van der Waals surface area contributed by atoms with Crippen LogP contribution in [-0.4, -0.2) is 0 Å². The van der Waals surface area contributed by atoms with Crippen LogP contribution in [0, 0.1) is 17.4 Å². The molecule has 0 aliphatic heterocycles. The second-order valence-corrected chi connectivity index (χ2v) is 4.46. The summed E-state index contributed by atoms with van der Waals surface area (Å²) in [6.45, 7) is 0. The molecular formula is C14H16N. The molecule has 0 aromatic heterocycles. The molecular weight excluding hydrogens is 182 g/mol. The summed E-state index contributed by atoms with van der Waals surface area (Å²) in [6.07, 6.45) is 6.86. The molecule has 77 valence electrons. The first-order valence-electron chi connectivity index (χ1n) is 5.71. The Morgan fingerprint density at radius 2 is 1.87 bits per heavy atom. The second kappa shape index (κ2) is 4.49. The van der Waals surface area contributed by atoms with E-state index in [2.05, 4.69) is 24.3 Å². The van der Waals surface area contributed by atoms with Crippen molar-refractivity contribution >= 4 is 0 Å². The van der Waals surface area contributed by atoms with Crippen molar-refractivity contribution in [2.24, 2.45) is 0 Å². The van der Waals surface area contributed by atoms with E-state index in [1.54, 1.807) is 0 Å². The fourth-order valence-electron chi connectivity index (χ4n) is 2.69. The largest absolute Gasteiger partial charge is 0.198 e. The summed E-state index contributed by atoms with van der Waals surface area (Å²) in [7, 11) is 0. The maximum atomic E-state index is 8.99. The van der Waals surface area contributed by atoms with Crippen LogP contribution in [-0.2, 0) is 5.41 Å². The Bertz CT molecular complexity index is 341. The van der Waals surface area contributed by atoms with Crippen molar-refractivity contribution in [3.05, 3.63) is 35.9 Å². The van der Waals surface area contributed by atoms with E-state index in [1.165, 1.54) is 37.7 Å². The van der Waals surface area contributed by atoms with E-state index >= 15 is 0 Å². The van der Waals surface area contributed by atoms with Crippen LogP contribution in [0.15, 0.2) is 24.3 Å². The summed E-state index contributed by atoms with van der Waals surface area (Å²) in [5, 5.41) is 8.99. The van der Waals surface area contributed by atoms with Gasteiger partial charge in [0.25, 0.3) is 0 Å². The number of nitrogens with zero attached hydrogens (tertiary/aromatic N) is 1. The highest BCUT2D eigenvalue weighted by atomic mass is 14.4. The van der Waals surface area contributed by atoms with E-state index in [1.807, 2.05) is 12.1 Å². The van der Waals surface area contributed by atoms with Gasteiger partial charge < -0.3 is 0 Å². The van der Waals surface area contributed by atoms with Crippen LogP contribution in [0.3, 0.4) is 0 Å². The number of nitriles is 1. The molecule has 1 radical (unpaired) electrons. The van der Waals surface area contributed by atoms with E-state index in [0.29, 0.717) is 6.42 Å². The second-order valence-electron chi connectivity index (χ2n) is 4.46. The van der Waals surface area contributed by atoms with Gasteiger partial charge in [-0.05, 0) is 24.5 Å². The Balaban J connectivity index is 2.30. The van der Waals surface area contributed by atoms with Gasteiger partial charge in [0.2, 0.25) is 0 Å². The Labute approximate surface area is 91.7 Å². The molecule has 0 heterocycles. The third kappa shape index (κ3) is 2.04. The quantitative estimate of drug-likeness (QED) is 0.712. The van der Waals surface area contributed by atoms with Gasteiger partial charge in [0, 0.05) is 11.8 Å². The molecule has 0 amide bonds. The molecule has 0 spiro atoms. The predicted molar refractivity (Wildman–Crippen MR) is 60.3 cm³/mol. The van der Waals surface area contributed by atoms with Crippen LogP contribution < -0.4 is 0 Å². The number of hydrogen-bond acceptors (Lipinski definition) is 1. The van der Waals surface area contributed by atoms with Gasteiger partial charge in [0.05, 0.1) is 6.07 Å². The molecule has 1 aromatic rings. The standard InChI is InChI=1S/C14H16N/c15-12-11-14(9-5-2-6-10-14)13-7-3-1-4-8-13/h3-4,7-8H,2,5-6,9-11H2. The lowest BCUT2D eigenvalue weighted by Crippen LogP contribution is -2.28. The number of hydrogen-bond donors (Lipinski definition) is 0. The van der Waals surface area contributed by atoms with Gasteiger partial charge in [-0.3, -0.25) is 0 Å². The molecule has 1 aliphatic carbocycles. The molecule has 0 saturated heterocycles. The predicted octanol–water partition coefficient (Wildman–Crippen LogP) is 3.60. The zero-order valence-corrected chi connectivity index (χ0v) is 9.00. The summed E-state index contributed by atoms with van der Waals surface area (Å²) < 4.78 is 0. The molecule has 1 aromatic carbocycles. The Morgan fingerprint density at radius 1 is 1.20 bits per heavy atom. The minimum Gasteiger partial charge on any atom is -0.198 e. The molecule has 15 heavy (non-hydrogen) atoms. The zero-order valence-electron chi connectivity index (χ0n) is 9.00. The molecule has 1 nitrogen and oxygen atoms in total. The van der Waals surface area contributed by atoms with Crippen molar-refractivity contribution in [2.45, 2.75) is 43.9 Å². The summed E-state index contributed by atoms with van der Waals surface area (Å²) in [5.41, 5.74) is 1.48. The number of rotatable bonds is 2. The molecule has 1 aliphatic rings. The third-order valence-corrected chi connectivity index (χ3v) is 3.56. The lowest BCUT2D eigenvalue weighted by molar-refractivity contribution is 0.297. The van der Waals surface area contributed by atoms with Gasteiger partial charge in [-0.15, -0.1) is 0 Å². The van der Waals surface area contributed by atoms with Crippen molar-refractivity contribution in [1.29, 1.82) is 5.26 Å². The van der Waals surface area contributed by atoms with Gasteiger partial charge in [0.15, 0.2) is 0 Å². The first kappa shape index (κ1) is 10.2. The Morgan fingerprint density at radius 3 is 2.47 bits per heavy atom. The monoisotopic (exact) mass is 198 g/mol. The number of benzene rings is 1. The third-order valence-electron chi connectivity index (χ3n) is 3.56. The van der Waals surface area contributed by atoms with Crippen molar-refractivity contribution in [1.82, 2.24) is 0 Å².